The number of rotatable bonds is 6. The Labute approximate surface area is 116 Å². The van der Waals surface area contributed by atoms with Crippen molar-refractivity contribution < 1.29 is 4.79 Å². The minimum atomic E-state index is -0.187. The second kappa shape index (κ2) is 6.84. The number of nitrogens with zero attached hydrogens (tertiary/aromatic N) is 2. The molecule has 0 spiro atoms. The third kappa shape index (κ3) is 4.03. The molecule has 2 N–H and O–H groups in total. The van der Waals surface area contributed by atoms with Gasteiger partial charge in [0.1, 0.15) is 5.69 Å². The molecule has 0 fully saturated rings. The third-order valence-electron chi connectivity index (χ3n) is 2.49. The van der Waals surface area contributed by atoms with Crippen LogP contribution in [0, 0.1) is 0 Å². The van der Waals surface area contributed by atoms with E-state index in [-0.39, 0.29) is 5.91 Å². The Balaban J connectivity index is 1.94. The summed E-state index contributed by atoms with van der Waals surface area (Å²) in [4.78, 5) is 20.1. The highest BCUT2D eigenvalue weighted by atomic mass is 32.1. The van der Waals surface area contributed by atoms with E-state index in [9.17, 15) is 4.79 Å². The van der Waals surface area contributed by atoms with Gasteiger partial charge in [0, 0.05) is 23.8 Å². The quantitative estimate of drug-likeness (QED) is 0.849. The van der Waals surface area contributed by atoms with Crippen molar-refractivity contribution in [3.8, 4) is 0 Å². The van der Waals surface area contributed by atoms with E-state index in [1.807, 2.05) is 11.4 Å². The number of carbonyl (C=O) groups is 1. The van der Waals surface area contributed by atoms with Crippen molar-refractivity contribution in [2.75, 3.05) is 11.9 Å². The van der Waals surface area contributed by atoms with Crippen molar-refractivity contribution in [1.82, 2.24) is 15.3 Å². The van der Waals surface area contributed by atoms with Crippen LogP contribution in [0.15, 0.2) is 29.2 Å². The van der Waals surface area contributed by atoms with Crippen LogP contribution < -0.4 is 10.6 Å². The fraction of sp³-hybridized carbons (Fsp3) is 0.308. The molecule has 1 amide bonds. The summed E-state index contributed by atoms with van der Waals surface area (Å²) in [5, 5.41) is 7.94. The van der Waals surface area contributed by atoms with Crippen molar-refractivity contribution in [2.24, 2.45) is 0 Å². The highest BCUT2D eigenvalue weighted by Crippen LogP contribution is 2.08. The molecule has 0 saturated heterocycles. The van der Waals surface area contributed by atoms with Gasteiger partial charge in [0.05, 0.1) is 17.7 Å². The van der Waals surface area contributed by atoms with E-state index < -0.39 is 0 Å². The zero-order valence-electron chi connectivity index (χ0n) is 10.7. The first-order valence-electron chi connectivity index (χ1n) is 6.14. The molecule has 0 radical (unpaired) electrons. The number of carbonyl (C=O) groups excluding carboxylic acids is 1. The van der Waals surface area contributed by atoms with Crippen LogP contribution in [-0.4, -0.2) is 22.4 Å². The number of hydrogen-bond donors (Lipinski definition) is 2. The molecule has 100 valence electrons. The van der Waals surface area contributed by atoms with Crippen molar-refractivity contribution in [3.63, 3.8) is 0 Å². The van der Waals surface area contributed by atoms with Crippen molar-refractivity contribution in [1.29, 1.82) is 0 Å². The zero-order chi connectivity index (χ0) is 13.5. The maximum absolute atomic E-state index is 11.9. The van der Waals surface area contributed by atoms with Gasteiger partial charge < -0.3 is 10.6 Å². The van der Waals surface area contributed by atoms with Crippen molar-refractivity contribution in [2.45, 2.75) is 19.9 Å². The molecule has 2 rings (SSSR count). The zero-order valence-corrected chi connectivity index (χ0v) is 11.5. The van der Waals surface area contributed by atoms with E-state index in [4.69, 9.17) is 0 Å². The monoisotopic (exact) mass is 276 g/mol. The summed E-state index contributed by atoms with van der Waals surface area (Å²) in [6.07, 6.45) is 2.67. The average Bonchev–Trinajstić information content (AvgIpc) is 2.96. The maximum Gasteiger partial charge on any atom is 0.270 e. The molecule has 0 unspecified atom stereocenters. The minimum absolute atomic E-state index is 0.187. The van der Waals surface area contributed by atoms with Crippen LogP contribution in [0.25, 0.3) is 0 Å². The summed E-state index contributed by atoms with van der Waals surface area (Å²) < 4.78 is 0. The Morgan fingerprint density at radius 3 is 3.05 bits per heavy atom. The summed E-state index contributed by atoms with van der Waals surface area (Å²) in [6, 6.07) is 3.61. The first-order valence-corrected chi connectivity index (χ1v) is 7.09. The van der Waals surface area contributed by atoms with Crippen LogP contribution in [0.3, 0.4) is 0 Å². The fourth-order valence-electron chi connectivity index (χ4n) is 1.52. The molecular formula is C13H16N4OS. The van der Waals surface area contributed by atoms with E-state index >= 15 is 0 Å². The predicted octanol–water partition coefficient (Wildman–Crippen LogP) is 2.29. The van der Waals surface area contributed by atoms with Crippen LogP contribution >= 0.6 is 11.3 Å². The lowest BCUT2D eigenvalue weighted by molar-refractivity contribution is 0.0945. The number of nitrogens with one attached hydrogen (secondary N) is 2. The molecule has 2 heterocycles. The predicted molar refractivity (Wildman–Crippen MR) is 76.3 cm³/mol. The summed E-state index contributed by atoms with van der Waals surface area (Å²) >= 11 is 1.51. The molecule has 0 aromatic carbocycles. The first kappa shape index (κ1) is 13.5. The first-order chi connectivity index (χ1) is 9.29. The molecule has 5 nitrogen and oxygen atoms in total. The van der Waals surface area contributed by atoms with E-state index in [0.717, 1.165) is 24.3 Å². The van der Waals surface area contributed by atoms with E-state index in [1.54, 1.807) is 17.8 Å². The molecule has 0 bridgehead atoms. The van der Waals surface area contributed by atoms with E-state index in [2.05, 4.69) is 27.5 Å². The Hall–Kier alpha value is -1.95. The van der Waals surface area contributed by atoms with Crippen LogP contribution in [0.4, 0.5) is 5.69 Å². The van der Waals surface area contributed by atoms with E-state index in [1.165, 1.54) is 11.3 Å². The minimum Gasteiger partial charge on any atom is -0.385 e. The number of hydrogen-bond acceptors (Lipinski definition) is 5. The average molecular weight is 276 g/mol. The Morgan fingerprint density at radius 2 is 2.32 bits per heavy atom. The molecule has 2 aromatic heterocycles. The second-order valence-corrected chi connectivity index (χ2v) is 4.74. The standard InChI is InChI=1S/C13H16N4OS/c1-2-4-14-10-3-5-15-12(6-10)13(18)16-7-11-8-19-9-17-11/h3,5-6,8-9H,2,4,7H2,1H3,(H,14,15)(H,16,18). The number of pyridine rings is 1. The van der Waals surface area contributed by atoms with Crippen LogP contribution in [-0.2, 0) is 6.54 Å². The fourth-order valence-corrected chi connectivity index (χ4v) is 2.08. The van der Waals surface area contributed by atoms with E-state index in [0.29, 0.717) is 12.2 Å². The highest BCUT2D eigenvalue weighted by Gasteiger charge is 2.08. The Morgan fingerprint density at radius 1 is 1.42 bits per heavy atom. The van der Waals surface area contributed by atoms with Crippen molar-refractivity contribution in [3.05, 3.63) is 40.6 Å². The number of thiazole rings is 1. The van der Waals surface area contributed by atoms with Crippen LogP contribution in [0.5, 0.6) is 0 Å². The Kier molecular flexibility index (Phi) is 4.85. The largest absolute Gasteiger partial charge is 0.385 e. The second-order valence-electron chi connectivity index (χ2n) is 4.02. The van der Waals surface area contributed by atoms with Crippen LogP contribution in [0.2, 0.25) is 0 Å². The molecule has 19 heavy (non-hydrogen) atoms. The van der Waals surface area contributed by atoms with Crippen LogP contribution in [0.1, 0.15) is 29.5 Å². The maximum atomic E-state index is 11.9. The summed E-state index contributed by atoms with van der Waals surface area (Å²) in [7, 11) is 0. The number of aromatic nitrogens is 2. The van der Waals surface area contributed by atoms with Gasteiger partial charge in [-0.15, -0.1) is 11.3 Å². The molecule has 0 aliphatic rings. The molecular weight excluding hydrogens is 260 g/mol. The molecule has 0 saturated carbocycles. The number of amides is 1. The van der Waals surface area contributed by atoms with Gasteiger partial charge in [-0.3, -0.25) is 9.78 Å². The van der Waals surface area contributed by atoms with Gasteiger partial charge in [-0.2, -0.15) is 0 Å². The SMILES string of the molecule is CCCNc1ccnc(C(=O)NCc2cscn2)c1. The summed E-state index contributed by atoms with van der Waals surface area (Å²) in [6.45, 7) is 3.40. The highest BCUT2D eigenvalue weighted by molar-refractivity contribution is 7.07. The summed E-state index contributed by atoms with van der Waals surface area (Å²) in [5.74, 6) is -0.187. The normalized spacial score (nSPS) is 10.2. The van der Waals surface area contributed by atoms with Gasteiger partial charge in [0.15, 0.2) is 0 Å². The smallest absolute Gasteiger partial charge is 0.270 e. The summed E-state index contributed by atoms with van der Waals surface area (Å²) in [5.41, 5.74) is 3.93. The van der Waals surface area contributed by atoms with Crippen molar-refractivity contribution >= 4 is 22.9 Å². The molecule has 0 aliphatic heterocycles. The van der Waals surface area contributed by atoms with Gasteiger partial charge in [-0.05, 0) is 18.6 Å². The lowest BCUT2D eigenvalue weighted by atomic mass is 10.3. The molecule has 0 atom stereocenters. The lowest BCUT2D eigenvalue weighted by Crippen LogP contribution is -2.24. The van der Waals surface area contributed by atoms with Gasteiger partial charge in [-0.25, -0.2) is 4.98 Å². The Bertz CT molecular complexity index is 527. The molecule has 0 aliphatic carbocycles. The third-order valence-corrected chi connectivity index (χ3v) is 3.12. The topological polar surface area (TPSA) is 66.9 Å². The molecule has 2 aromatic rings. The lowest BCUT2D eigenvalue weighted by Gasteiger charge is -2.07. The van der Waals surface area contributed by atoms with Gasteiger partial charge >= 0.3 is 0 Å². The van der Waals surface area contributed by atoms with Gasteiger partial charge in [0.2, 0.25) is 0 Å². The molecule has 6 heteroatoms. The number of anilines is 1. The van der Waals surface area contributed by atoms with Gasteiger partial charge in [-0.1, -0.05) is 6.92 Å². The van der Waals surface area contributed by atoms with Gasteiger partial charge in [0.25, 0.3) is 5.91 Å².